The SMILES string of the molecule is CCO[Si](CSSSSCCc1ccccc1CC(SSSSC[Si](OCC)(OCC)OCC)SSSSC[Si](OCC)(OCC)OCC)(OCC)OCC. The molecule has 9 nitrogen and oxygen atoms in total. The second kappa shape index (κ2) is 37.1. The normalized spacial score (nSPS) is 12.7. The maximum atomic E-state index is 6.06. The highest BCUT2D eigenvalue weighted by molar-refractivity contribution is 9.29. The van der Waals surface area contributed by atoms with Crippen molar-refractivity contribution < 1.29 is 39.8 Å². The molecule has 0 spiro atoms. The minimum Gasteiger partial charge on any atom is -0.373 e. The topological polar surface area (TPSA) is 83.1 Å². The molecule has 0 aliphatic carbocycles. The maximum absolute atomic E-state index is 6.06. The third kappa shape index (κ3) is 25.6. The summed E-state index contributed by atoms with van der Waals surface area (Å²) in [7, 11) is 13.8. The van der Waals surface area contributed by atoms with Crippen LogP contribution in [0.5, 0.6) is 0 Å². The van der Waals surface area contributed by atoms with Crippen LogP contribution in [-0.4, -0.2) is 112 Å². The maximum Gasteiger partial charge on any atom is 0.512 e. The zero-order valence-electron chi connectivity index (χ0n) is 33.6. The Labute approximate surface area is 382 Å². The highest BCUT2D eigenvalue weighted by atomic mass is 33.7. The smallest absolute Gasteiger partial charge is 0.373 e. The molecule has 0 aliphatic rings. The molecule has 0 atom stereocenters. The summed E-state index contributed by atoms with van der Waals surface area (Å²) < 4.78 is 54.7. The van der Waals surface area contributed by atoms with E-state index in [0.29, 0.717) is 74.8 Å². The first kappa shape index (κ1) is 56.7. The lowest BCUT2D eigenvalue weighted by Crippen LogP contribution is -2.49. The third-order valence-electron chi connectivity index (χ3n) is 6.51. The van der Waals surface area contributed by atoms with Crippen LogP contribution in [0.3, 0.4) is 0 Å². The summed E-state index contributed by atoms with van der Waals surface area (Å²) in [6.45, 7) is 23.3. The van der Waals surface area contributed by atoms with E-state index < -0.39 is 26.4 Å². The Morgan fingerprint density at radius 3 is 1.07 bits per heavy atom. The molecule has 0 amide bonds. The number of aryl methyl sites for hydroxylation is 1. The molecule has 0 radical (unpaired) electrons. The van der Waals surface area contributed by atoms with E-state index in [1.807, 2.05) is 124 Å². The van der Waals surface area contributed by atoms with Gasteiger partial charge in [-0.25, -0.2) is 0 Å². The Hall–Kier alpha value is 3.71. The van der Waals surface area contributed by atoms with Crippen LogP contribution in [0.15, 0.2) is 24.3 Å². The molecule has 0 fully saturated rings. The molecule has 1 aromatic carbocycles. The van der Waals surface area contributed by atoms with Gasteiger partial charge in [0.05, 0.1) is 20.7 Å². The van der Waals surface area contributed by atoms with Crippen LogP contribution < -0.4 is 0 Å². The van der Waals surface area contributed by atoms with Gasteiger partial charge in [0, 0.05) is 65.2 Å². The average Bonchev–Trinajstić information content (AvgIpc) is 3.15. The summed E-state index contributed by atoms with van der Waals surface area (Å²) in [5.41, 5.74) is 2.82. The monoisotopic (exact) mass is 1050 g/mol. The minimum absolute atomic E-state index is 0.331. The van der Waals surface area contributed by atoms with Crippen molar-refractivity contribution in [3.05, 3.63) is 35.4 Å². The van der Waals surface area contributed by atoms with Crippen LogP contribution >= 0.6 is 124 Å². The quantitative estimate of drug-likeness (QED) is 0.0270. The van der Waals surface area contributed by atoms with Gasteiger partial charge >= 0.3 is 26.4 Å². The standard InChI is InChI=1S/C31H62O9S12Si3/c1-10-32-53(33-11-2,34-12-3)26-42-48-47-41-24-23-29-21-19-20-22-30(29)25-31(45-51-49-43-27-54(35-13-4,36-14-5)37-15-6)46-52-50-44-28-55(38-16-7,39-17-8)40-18-9/h19-22,31H,10-18,23-28H2,1-9H3. The Morgan fingerprint density at radius 1 is 0.418 bits per heavy atom. The van der Waals surface area contributed by atoms with Gasteiger partial charge in [-0.1, -0.05) is 89.0 Å². The Balaban J connectivity index is 2.84. The molecule has 0 saturated heterocycles. The second-order valence-corrected chi connectivity index (χ2v) is 38.2. The van der Waals surface area contributed by atoms with Crippen LogP contribution in [0.2, 0.25) is 0 Å². The summed E-state index contributed by atoms with van der Waals surface area (Å²) in [5, 5.41) is 2.18. The van der Waals surface area contributed by atoms with Crippen molar-refractivity contribution in [2.24, 2.45) is 0 Å². The third-order valence-corrected chi connectivity index (χ3v) is 40.0. The summed E-state index contributed by atoms with van der Waals surface area (Å²) >= 11 is 0. The average molecular weight is 1050 g/mol. The van der Waals surface area contributed by atoms with E-state index in [0.717, 1.165) is 24.0 Å². The van der Waals surface area contributed by atoms with Gasteiger partial charge in [0.2, 0.25) is 0 Å². The van der Waals surface area contributed by atoms with Crippen molar-refractivity contribution in [2.75, 3.05) is 81.3 Å². The number of benzene rings is 1. The summed E-state index contributed by atoms with van der Waals surface area (Å²) in [6, 6.07) is 8.91. The molecule has 0 saturated carbocycles. The van der Waals surface area contributed by atoms with Crippen LogP contribution in [0.25, 0.3) is 0 Å². The Kier molecular flexibility index (Phi) is 38.3. The number of hydrogen-bond donors (Lipinski definition) is 0. The molecule has 0 unspecified atom stereocenters. The van der Waals surface area contributed by atoms with Crippen LogP contribution in [0, 0.1) is 0 Å². The lowest BCUT2D eigenvalue weighted by Gasteiger charge is -2.27. The molecule has 55 heavy (non-hydrogen) atoms. The van der Waals surface area contributed by atoms with Gasteiger partial charge < -0.3 is 39.8 Å². The van der Waals surface area contributed by atoms with E-state index in [1.165, 1.54) is 11.1 Å². The van der Waals surface area contributed by atoms with E-state index >= 15 is 0 Å². The van der Waals surface area contributed by atoms with Crippen molar-refractivity contribution in [2.45, 2.75) is 79.7 Å². The minimum atomic E-state index is -2.69. The van der Waals surface area contributed by atoms with E-state index in [1.54, 1.807) is 61.9 Å². The first-order chi connectivity index (χ1) is 26.8. The molecule has 24 heteroatoms. The molecule has 0 N–H and O–H groups in total. The van der Waals surface area contributed by atoms with Crippen molar-refractivity contribution in [1.82, 2.24) is 0 Å². The van der Waals surface area contributed by atoms with E-state index in [9.17, 15) is 0 Å². The highest BCUT2D eigenvalue weighted by Gasteiger charge is 2.42. The summed E-state index contributed by atoms with van der Waals surface area (Å²) in [5.74, 6) is 1.03. The Bertz CT molecular complexity index is 971. The van der Waals surface area contributed by atoms with Crippen LogP contribution in [0.4, 0.5) is 0 Å². The molecular weight excluding hydrogens is 985 g/mol. The molecule has 0 aliphatic heterocycles. The van der Waals surface area contributed by atoms with Crippen LogP contribution in [0.1, 0.15) is 73.4 Å². The van der Waals surface area contributed by atoms with E-state index in [2.05, 4.69) is 24.3 Å². The molecular formula is C31H62O9S12Si3. The van der Waals surface area contributed by atoms with Gasteiger partial charge in [0.25, 0.3) is 0 Å². The largest absolute Gasteiger partial charge is 0.512 e. The highest BCUT2D eigenvalue weighted by Crippen LogP contribution is 2.54. The molecule has 0 aromatic heterocycles. The van der Waals surface area contributed by atoms with Crippen molar-refractivity contribution >= 4 is 150 Å². The van der Waals surface area contributed by atoms with Gasteiger partial charge in [-0.05, 0) is 145 Å². The van der Waals surface area contributed by atoms with Gasteiger partial charge in [0.1, 0.15) is 0 Å². The van der Waals surface area contributed by atoms with E-state index in [4.69, 9.17) is 39.8 Å². The molecule has 0 heterocycles. The summed E-state index contributed by atoms with van der Waals surface area (Å²) in [4.78, 5) is 0. The van der Waals surface area contributed by atoms with Gasteiger partial charge in [-0.15, -0.1) is 0 Å². The number of rotatable bonds is 40. The number of hydrogen-bond acceptors (Lipinski definition) is 21. The zero-order chi connectivity index (χ0) is 40.5. The Morgan fingerprint density at radius 2 is 0.727 bits per heavy atom. The first-order valence-electron chi connectivity index (χ1n) is 18.4. The van der Waals surface area contributed by atoms with Crippen molar-refractivity contribution in [3.63, 3.8) is 0 Å². The predicted molar refractivity (Wildman–Crippen MR) is 270 cm³/mol. The molecule has 1 rings (SSSR count). The van der Waals surface area contributed by atoms with Crippen molar-refractivity contribution in [1.29, 1.82) is 0 Å². The van der Waals surface area contributed by atoms with Crippen LogP contribution in [-0.2, 0) is 52.7 Å². The van der Waals surface area contributed by atoms with Crippen molar-refractivity contribution in [3.8, 4) is 0 Å². The molecule has 324 valence electrons. The second-order valence-electron chi connectivity index (χ2n) is 10.3. The molecule has 1 aromatic rings. The van der Waals surface area contributed by atoms with E-state index in [-0.39, 0.29) is 0 Å². The summed E-state index contributed by atoms with van der Waals surface area (Å²) in [6.07, 6.45) is 1.98. The fourth-order valence-electron chi connectivity index (χ4n) is 4.67. The lowest BCUT2D eigenvalue weighted by molar-refractivity contribution is 0.0765. The predicted octanol–water partition coefficient (Wildman–Crippen LogP) is 12.9. The molecule has 0 bridgehead atoms. The fourth-order valence-corrected chi connectivity index (χ4v) is 40.3. The van der Waals surface area contributed by atoms with Gasteiger partial charge in [-0.3, -0.25) is 0 Å². The first-order valence-corrected chi connectivity index (χ1v) is 39.5. The van der Waals surface area contributed by atoms with Gasteiger partial charge in [-0.2, -0.15) is 0 Å². The lowest BCUT2D eigenvalue weighted by atomic mass is 10.0. The fraction of sp³-hybridized carbons (Fsp3) is 0.806. The zero-order valence-corrected chi connectivity index (χ0v) is 46.4. The van der Waals surface area contributed by atoms with Gasteiger partial charge in [0.15, 0.2) is 0 Å².